The lowest BCUT2D eigenvalue weighted by Gasteiger charge is -2.12. The number of rotatable bonds is 6. The third-order valence-electron chi connectivity index (χ3n) is 1.32. The van der Waals surface area contributed by atoms with E-state index in [2.05, 4.69) is 16.5 Å². The average molecular weight is 252 g/mol. The largest absolute Gasteiger partial charge is 0.480 e. The Labute approximate surface area is 92.1 Å². The van der Waals surface area contributed by atoms with Crippen LogP contribution in [0.5, 0.6) is 0 Å². The molecule has 0 saturated heterocycles. The minimum Gasteiger partial charge on any atom is -0.480 e. The van der Waals surface area contributed by atoms with Gasteiger partial charge in [-0.05, 0) is 0 Å². The van der Waals surface area contributed by atoms with Gasteiger partial charge in [0.25, 0.3) is 0 Å². The molecule has 0 rings (SSSR count). The van der Waals surface area contributed by atoms with Crippen LogP contribution in [0.2, 0.25) is 0 Å². The van der Waals surface area contributed by atoms with Crippen molar-refractivity contribution in [2.45, 2.75) is 6.04 Å². The molecule has 16 heavy (non-hydrogen) atoms. The molecule has 1 atom stereocenters. The summed E-state index contributed by atoms with van der Waals surface area (Å²) in [5.74, 6) is -2.43. The topological polar surface area (TPSA) is 136 Å². The van der Waals surface area contributed by atoms with Crippen LogP contribution in [0.15, 0.2) is 12.7 Å². The van der Waals surface area contributed by atoms with Crippen LogP contribution >= 0.6 is 0 Å². The molecule has 0 spiro atoms. The number of hydrogen-bond donors (Lipinski definition) is 3. The standard InChI is InChI=1S/C7H12N2O6S/c1-2-3-15-7(12)9-5(6(10)11)4-16(8,13)14/h2,5H,1,3-4H2,(H,9,12)(H,10,11)(H2,8,13,14). The summed E-state index contributed by atoms with van der Waals surface area (Å²) in [6.45, 7) is 3.15. The first-order valence-electron chi connectivity index (χ1n) is 4.03. The zero-order valence-corrected chi connectivity index (χ0v) is 9.07. The smallest absolute Gasteiger partial charge is 0.408 e. The highest BCUT2D eigenvalue weighted by molar-refractivity contribution is 7.89. The van der Waals surface area contributed by atoms with Crippen molar-refractivity contribution in [3.63, 3.8) is 0 Å². The number of amides is 1. The van der Waals surface area contributed by atoms with Crippen molar-refractivity contribution in [3.8, 4) is 0 Å². The second kappa shape index (κ2) is 6.08. The Morgan fingerprint density at radius 1 is 1.56 bits per heavy atom. The molecule has 92 valence electrons. The van der Waals surface area contributed by atoms with E-state index in [1.54, 1.807) is 0 Å². The van der Waals surface area contributed by atoms with Crippen LogP contribution in [0.25, 0.3) is 0 Å². The molecule has 9 heteroatoms. The number of nitrogens with two attached hydrogens (primary N) is 1. The molecule has 0 aromatic rings. The third-order valence-corrected chi connectivity index (χ3v) is 2.12. The highest BCUT2D eigenvalue weighted by Crippen LogP contribution is 1.91. The van der Waals surface area contributed by atoms with E-state index in [0.717, 1.165) is 0 Å². The Morgan fingerprint density at radius 3 is 2.50 bits per heavy atom. The van der Waals surface area contributed by atoms with Gasteiger partial charge in [-0.1, -0.05) is 12.7 Å². The summed E-state index contributed by atoms with van der Waals surface area (Å²) in [6.07, 6.45) is 0.214. The molecule has 4 N–H and O–H groups in total. The van der Waals surface area contributed by atoms with Gasteiger partial charge < -0.3 is 15.2 Å². The monoisotopic (exact) mass is 252 g/mol. The van der Waals surface area contributed by atoms with Crippen LogP contribution in [0, 0.1) is 0 Å². The van der Waals surface area contributed by atoms with Gasteiger partial charge in [-0.3, -0.25) is 0 Å². The Kier molecular flexibility index (Phi) is 5.47. The molecule has 0 aliphatic carbocycles. The summed E-state index contributed by atoms with van der Waals surface area (Å²) in [6, 6.07) is -1.65. The van der Waals surface area contributed by atoms with Crippen molar-refractivity contribution in [1.82, 2.24) is 5.32 Å². The van der Waals surface area contributed by atoms with Gasteiger partial charge >= 0.3 is 12.1 Å². The van der Waals surface area contributed by atoms with Gasteiger partial charge in [0.05, 0.1) is 5.75 Å². The van der Waals surface area contributed by atoms with E-state index in [4.69, 9.17) is 5.11 Å². The van der Waals surface area contributed by atoms with Crippen LogP contribution in [0.4, 0.5) is 4.79 Å². The van der Waals surface area contributed by atoms with E-state index >= 15 is 0 Å². The first-order valence-corrected chi connectivity index (χ1v) is 5.75. The van der Waals surface area contributed by atoms with Crippen molar-refractivity contribution in [3.05, 3.63) is 12.7 Å². The molecule has 1 amide bonds. The second-order valence-electron chi connectivity index (χ2n) is 2.75. The maximum atomic E-state index is 10.9. The predicted octanol–water partition coefficient (Wildman–Crippen LogP) is -1.36. The average Bonchev–Trinajstić information content (AvgIpc) is 2.11. The van der Waals surface area contributed by atoms with Crippen molar-refractivity contribution in [1.29, 1.82) is 0 Å². The summed E-state index contributed by atoms with van der Waals surface area (Å²) >= 11 is 0. The molecule has 1 unspecified atom stereocenters. The molecule has 0 bridgehead atoms. The Balaban J connectivity index is 4.40. The van der Waals surface area contributed by atoms with Gasteiger partial charge in [-0.15, -0.1) is 0 Å². The zero-order chi connectivity index (χ0) is 12.8. The molecule has 0 fully saturated rings. The Bertz CT molecular complexity index is 376. The number of ether oxygens (including phenoxy) is 1. The zero-order valence-electron chi connectivity index (χ0n) is 8.25. The molecule has 0 aromatic carbocycles. The number of alkyl carbamates (subject to hydrolysis) is 1. The van der Waals surface area contributed by atoms with Crippen LogP contribution in [0.1, 0.15) is 0 Å². The number of hydrogen-bond acceptors (Lipinski definition) is 5. The lowest BCUT2D eigenvalue weighted by atomic mass is 10.3. The number of nitrogens with one attached hydrogen (secondary N) is 1. The summed E-state index contributed by atoms with van der Waals surface area (Å²) in [7, 11) is -4.01. The van der Waals surface area contributed by atoms with Crippen molar-refractivity contribution in [2.24, 2.45) is 5.14 Å². The fraction of sp³-hybridized carbons (Fsp3) is 0.429. The highest BCUT2D eigenvalue weighted by atomic mass is 32.2. The van der Waals surface area contributed by atoms with Gasteiger partial charge in [0.15, 0.2) is 0 Å². The van der Waals surface area contributed by atoms with Gasteiger partial charge in [-0.25, -0.2) is 23.1 Å². The van der Waals surface area contributed by atoms with Crippen molar-refractivity contribution in [2.75, 3.05) is 12.4 Å². The number of sulfonamides is 1. The molecule has 0 aromatic heterocycles. The number of primary sulfonamides is 1. The normalized spacial score (nSPS) is 12.6. The summed E-state index contributed by atoms with van der Waals surface area (Å²) < 4.78 is 25.7. The van der Waals surface area contributed by atoms with Crippen LogP contribution in [0.3, 0.4) is 0 Å². The highest BCUT2D eigenvalue weighted by Gasteiger charge is 2.25. The number of aliphatic carboxylic acids is 1. The molecule has 0 heterocycles. The van der Waals surface area contributed by atoms with Crippen LogP contribution in [-0.4, -0.2) is 44.0 Å². The predicted molar refractivity (Wildman–Crippen MR) is 54.1 cm³/mol. The van der Waals surface area contributed by atoms with Gasteiger partial charge in [-0.2, -0.15) is 0 Å². The minimum atomic E-state index is -4.01. The first-order chi connectivity index (χ1) is 7.26. The fourth-order valence-electron chi connectivity index (χ4n) is 0.726. The first kappa shape index (κ1) is 14.4. The molecule has 0 radical (unpaired) electrons. The summed E-state index contributed by atoms with van der Waals surface area (Å²) in [5, 5.41) is 15.1. The Morgan fingerprint density at radius 2 is 2.12 bits per heavy atom. The fourth-order valence-corrected chi connectivity index (χ4v) is 1.42. The van der Waals surface area contributed by atoms with E-state index in [1.165, 1.54) is 6.08 Å². The second-order valence-corrected chi connectivity index (χ2v) is 4.41. The van der Waals surface area contributed by atoms with E-state index in [1.807, 2.05) is 5.32 Å². The summed E-state index contributed by atoms with van der Waals surface area (Å²) in [5.41, 5.74) is 0. The third kappa shape index (κ3) is 6.79. The lowest BCUT2D eigenvalue weighted by Crippen LogP contribution is -2.46. The number of carboxylic acids is 1. The maximum Gasteiger partial charge on any atom is 0.408 e. The molecule has 0 saturated carbocycles. The van der Waals surface area contributed by atoms with E-state index in [-0.39, 0.29) is 6.61 Å². The minimum absolute atomic E-state index is 0.118. The number of carbonyl (C=O) groups excluding carboxylic acids is 1. The summed E-state index contributed by atoms with van der Waals surface area (Å²) in [4.78, 5) is 21.5. The van der Waals surface area contributed by atoms with Gasteiger partial charge in [0, 0.05) is 0 Å². The van der Waals surface area contributed by atoms with Gasteiger partial charge in [0.2, 0.25) is 10.0 Å². The van der Waals surface area contributed by atoms with E-state index < -0.39 is 33.9 Å². The quantitative estimate of drug-likeness (QED) is 0.499. The molecule has 0 aliphatic rings. The van der Waals surface area contributed by atoms with Crippen molar-refractivity contribution >= 4 is 22.1 Å². The van der Waals surface area contributed by atoms with Crippen LogP contribution in [-0.2, 0) is 19.6 Å². The molecular formula is C7H12N2O6S. The van der Waals surface area contributed by atoms with E-state index in [0.29, 0.717) is 0 Å². The lowest BCUT2D eigenvalue weighted by molar-refractivity contribution is -0.138. The van der Waals surface area contributed by atoms with E-state index in [9.17, 15) is 18.0 Å². The van der Waals surface area contributed by atoms with Crippen LogP contribution < -0.4 is 10.5 Å². The maximum absolute atomic E-state index is 10.9. The molecule has 8 nitrogen and oxygen atoms in total. The van der Waals surface area contributed by atoms with Crippen molar-refractivity contribution < 1.29 is 27.9 Å². The Hall–Kier alpha value is -1.61. The SMILES string of the molecule is C=CCOC(=O)NC(CS(N)(=O)=O)C(=O)O. The molecular weight excluding hydrogens is 240 g/mol. The number of carboxylic acid groups (broad SMARTS) is 1. The molecule has 0 aliphatic heterocycles. The van der Waals surface area contributed by atoms with Gasteiger partial charge in [0.1, 0.15) is 12.6 Å². The number of carbonyl (C=O) groups is 2.